The minimum Gasteiger partial charge on any atom is -0.309 e. The van der Waals surface area contributed by atoms with Crippen molar-refractivity contribution in [3.8, 4) is 33.9 Å². The van der Waals surface area contributed by atoms with Gasteiger partial charge in [0.05, 0.1) is 33.1 Å². The Kier molecular flexibility index (Phi) is 4.55. The van der Waals surface area contributed by atoms with E-state index < -0.39 is 0 Å². The summed E-state index contributed by atoms with van der Waals surface area (Å²) < 4.78 is 4.79. The number of hydrogen-bond acceptors (Lipinski definition) is 2. The topological polar surface area (TPSA) is 35.6 Å². The highest BCUT2D eigenvalue weighted by molar-refractivity contribution is 6.22. The molecule has 0 atom stereocenters. The number of para-hydroxylation sites is 4. The quantitative estimate of drug-likeness (QED) is 0.192. The molecule has 4 heteroatoms. The fourth-order valence-electron chi connectivity index (χ4n) is 7.91. The molecule has 0 saturated heterocycles. The van der Waals surface area contributed by atoms with E-state index in [1.165, 1.54) is 48.9 Å². The molecular formula is C42H24N4. The van der Waals surface area contributed by atoms with Gasteiger partial charge in [0, 0.05) is 38.4 Å². The molecule has 212 valence electrons. The number of fused-ring (bicyclic) bond motifs is 14. The molecule has 11 rings (SSSR count). The third-order valence-electron chi connectivity index (χ3n) is 9.81. The molecule has 10 aromatic rings. The van der Waals surface area contributed by atoms with Crippen LogP contribution in [0.3, 0.4) is 0 Å². The lowest BCUT2D eigenvalue weighted by Gasteiger charge is -2.14. The summed E-state index contributed by atoms with van der Waals surface area (Å²) in [5, 5.41) is 7.47. The normalized spacial score (nSPS) is 12.3. The number of hydrogen-bond donors (Lipinski definition) is 0. The predicted molar refractivity (Wildman–Crippen MR) is 190 cm³/mol. The van der Waals surface area contributed by atoms with Gasteiger partial charge >= 0.3 is 0 Å². The third-order valence-corrected chi connectivity index (χ3v) is 9.81. The van der Waals surface area contributed by atoms with Gasteiger partial charge < -0.3 is 4.57 Å². The molecule has 4 heterocycles. The standard InChI is InChI=1S/C42H24N4/c1-2-12-27-25(11-1)21-22-38-39(27)31-16-6-10-20-37(31)45(38)26-23-32-28-13-3-4-15-30(28)40-42(44-35-18-8-7-17-34(35)43-40)46-36-19-9-5-14-29(36)33(24-26)41(32)46/h1-24H. The summed E-state index contributed by atoms with van der Waals surface area (Å²) in [6, 6.07) is 52.4. The van der Waals surface area contributed by atoms with Gasteiger partial charge in [-0.1, -0.05) is 103 Å². The number of nitrogens with zero attached hydrogens (tertiary/aromatic N) is 4. The lowest BCUT2D eigenvalue weighted by Crippen LogP contribution is -2.02. The summed E-state index contributed by atoms with van der Waals surface area (Å²) in [6.45, 7) is 0. The van der Waals surface area contributed by atoms with Crippen LogP contribution in [-0.2, 0) is 0 Å². The van der Waals surface area contributed by atoms with E-state index in [9.17, 15) is 0 Å². The Balaban J connectivity index is 1.34. The van der Waals surface area contributed by atoms with Gasteiger partial charge in [0.2, 0.25) is 0 Å². The van der Waals surface area contributed by atoms with Gasteiger partial charge in [-0.05, 0) is 58.8 Å². The smallest absolute Gasteiger partial charge is 0.165 e. The Morgan fingerprint density at radius 1 is 0.413 bits per heavy atom. The summed E-state index contributed by atoms with van der Waals surface area (Å²) in [4.78, 5) is 10.6. The predicted octanol–water partition coefficient (Wildman–Crippen LogP) is 10.6. The Hall–Kier alpha value is -6.26. The van der Waals surface area contributed by atoms with Crippen LogP contribution in [0.1, 0.15) is 0 Å². The van der Waals surface area contributed by atoms with Crippen LogP contribution in [0.5, 0.6) is 0 Å². The van der Waals surface area contributed by atoms with Crippen molar-refractivity contribution in [2.24, 2.45) is 0 Å². The van der Waals surface area contributed by atoms with E-state index >= 15 is 0 Å². The summed E-state index contributed by atoms with van der Waals surface area (Å²) in [6.07, 6.45) is 0. The fraction of sp³-hybridized carbons (Fsp3) is 0. The highest BCUT2D eigenvalue weighted by atomic mass is 15.1. The molecule has 0 unspecified atom stereocenters. The van der Waals surface area contributed by atoms with E-state index in [1.807, 2.05) is 12.1 Å². The van der Waals surface area contributed by atoms with Crippen molar-refractivity contribution in [3.05, 3.63) is 146 Å². The maximum Gasteiger partial charge on any atom is 0.165 e. The van der Waals surface area contributed by atoms with Crippen molar-refractivity contribution in [2.45, 2.75) is 0 Å². The Morgan fingerprint density at radius 3 is 1.91 bits per heavy atom. The second kappa shape index (κ2) is 8.68. The van der Waals surface area contributed by atoms with E-state index in [-0.39, 0.29) is 0 Å². The van der Waals surface area contributed by atoms with Crippen molar-refractivity contribution in [1.29, 1.82) is 0 Å². The first-order valence-corrected chi connectivity index (χ1v) is 15.7. The van der Waals surface area contributed by atoms with Gasteiger partial charge in [0.25, 0.3) is 0 Å². The first-order valence-electron chi connectivity index (χ1n) is 15.7. The van der Waals surface area contributed by atoms with E-state index in [1.54, 1.807) is 0 Å². The largest absolute Gasteiger partial charge is 0.309 e. The molecule has 0 radical (unpaired) electrons. The zero-order valence-electron chi connectivity index (χ0n) is 24.6. The molecule has 1 aliphatic heterocycles. The second-order valence-corrected chi connectivity index (χ2v) is 12.2. The molecule has 4 nitrogen and oxygen atoms in total. The first-order chi connectivity index (χ1) is 22.8. The van der Waals surface area contributed by atoms with Crippen LogP contribution in [0.25, 0.3) is 99.3 Å². The Bertz CT molecular complexity index is 2920. The van der Waals surface area contributed by atoms with Crippen LogP contribution >= 0.6 is 0 Å². The number of aromatic nitrogens is 4. The Labute approximate surface area is 263 Å². The number of benzene rings is 7. The van der Waals surface area contributed by atoms with Crippen molar-refractivity contribution in [2.75, 3.05) is 0 Å². The Morgan fingerprint density at radius 2 is 1.07 bits per heavy atom. The molecule has 3 aromatic heterocycles. The highest BCUT2D eigenvalue weighted by Crippen LogP contribution is 2.47. The van der Waals surface area contributed by atoms with E-state index in [4.69, 9.17) is 9.97 Å². The average molecular weight is 585 g/mol. The molecule has 0 N–H and O–H groups in total. The van der Waals surface area contributed by atoms with Crippen molar-refractivity contribution in [1.82, 2.24) is 19.1 Å². The maximum atomic E-state index is 5.30. The van der Waals surface area contributed by atoms with Crippen LogP contribution in [-0.4, -0.2) is 19.1 Å². The molecule has 0 saturated carbocycles. The summed E-state index contributed by atoms with van der Waals surface area (Å²) in [5.41, 5.74) is 11.9. The van der Waals surface area contributed by atoms with Gasteiger partial charge in [0.15, 0.2) is 5.82 Å². The molecule has 0 amide bonds. The number of rotatable bonds is 1. The average Bonchev–Trinajstić information content (AvgIpc) is 3.60. The van der Waals surface area contributed by atoms with Gasteiger partial charge in [-0.3, -0.25) is 4.57 Å². The van der Waals surface area contributed by atoms with Gasteiger partial charge in [-0.25, -0.2) is 9.97 Å². The van der Waals surface area contributed by atoms with Crippen molar-refractivity contribution < 1.29 is 0 Å². The van der Waals surface area contributed by atoms with Gasteiger partial charge in [-0.15, -0.1) is 0 Å². The molecule has 0 aliphatic carbocycles. The first kappa shape index (κ1) is 24.1. The van der Waals surface area contributed by atoms with Crippen LogP contribution in [0.4, 0.5) is 0 Å². The lowest BCUT2D eigenvalue weighted by molar-refractivity contribution is 1.08. The minimum absolute atomic E-state index is 0.868. The van der Waals surface area contributed by atoms with Crippen molar-refractivity contribution in [3.63, 3.8) is 0 Å². The molecule has 7 aromatic carbocycles. The third kappa shape index (κ3) is 3.03. The van der Waals surface area contributed by atoms with E-state index in [0.29, 0.717) is 0 Å². The van der Waals surface area contributed by atoms with E-state index in [0.717, 1.165) is 50.4 Å². The molecular weight excluding hydrogens is 560 g/mol. The van der Waals surface area contributed by atoms with Crippen LogP contribution < -0.4 is 0 Å². The maximum absolute atomic E-state index is 5.30. The zero-order chi connectivity index (χ0) is 29.9. The van der Waals surface area contributed by atoms with Crippen LogP contribution in [0, 0.1) is 0 Å². The summed E-state index contributed by atoms with van der Waals surface area (Å²) in [7, 11) is 0. The molecule has 0 bridgehead atoms. The van der Waals surface area contributed by atoms with Crippen LogP contribution in [0.2, 0.25) is 0 Å². The molecule has 46 heavy (non-hydrogen) atoms. The second-order valence-electron chi connectivity index (χ2n) is 12.2. The lowest BCUT2D eigenvalue weighted by atomic mass is 9.95. The monoisotopic (exact) mass is 584 g/mol. The van der Waals surface area contributed by atoms with Crippen molar-refractivity contribution >= 4 is 65.4 Å². The summed E-state index contributed by atoms with van der Waals surface area (Å²) >= 11 is 0. The molecule has 1 aliphatic rings. The van der Waals surface area contributed by atoms with E-state index in [2.05, 4.69) is 143 Å². The zero-order valence-corrected chi connectivity index (χ0v) is 24.6. The van der Waals surface area contributed by atoms with Crippen LogP contribution in [0.15, 0.2) is 146 Å². The molecule has 0 fully saturated rings. The highest BCUT2D eigenvalue weighted by Gasteiger charge is 2.28. The fourth-order valence-corrected chi connectivity index (χ4v) is 7.91. The van der Waals surface area contributed by atoms with Gasteiger partial charge in [0.1, 0.15) is 5.69 Å². The van der Waals surface area contributed by atoms with Gasteiger partial charge in [-0.2, -0.15) is 0 Å². The SMILES string of the molecule is c1ccc2c(c1)-c1nc3ccccc3nc1-n1c3ccccc3c3cc(-n4c5ccccc5c5c6ccccc6ccc54)cc-2c31. The summed E-state index contributed by atoms with van der Waals surface area (Å²) in [5.74, 6) is 0.868. The minimum atomic E-state index is 0.868. The molecule has 0 spiro atoms.